The number of ether oxygens (including phenoxy) is 1. The maximum absolute atomic E-state index is 13.3. The van der Waals surface area contributed by atoms with E-state index in [4.69, 9.17) is 9.72 Å². The van der Waals surface area contributed by atoms with Crippen LogP contribution in [0.1, 0.15) is 22.3 Å². The number of anilines is 1. The molecule has 3 rings (SSSR count). The summed E-state index contributed by atoms with van der Waals surface area (Å²) in [4.78, 5) is 21.9. The molecule has 3 aromatic rings. The Morgan fingerprint density at radius 1 is 1.15 bits per heavy atom. The molecule has 1 amide bonds. The molecule has 0 aliphatic heterocycles. The number of carbonyl (C=O) groups excluding carboxylic acids is 1. The molecule has 0 saturated heterocycles. The van der Waals surface area contributed by atoms with Crippen LogP contribution in [0.15, 0.2) is 42.5 Å². The molecular weight excluding hydrogens is 358 g/mol. The molecule has 6 heteroatoms. The number of hydrogen-bond donors (Lipinski definition) is 0. The summed E-state index contributed by atoms with van der Waals surface area (Å²) >= 11 is 1.56. The second kappa shape index (κ2) is 8.50. The highest BCUT2D eigenvalue weighted by Gasteiger charge is 2.21. The smallest absolute Gasteiger partial charge is 0.260 e. The molecule has 0 aliphatic rings. The zero-order valence-electron chi connectivity index (χ0n) is 16.2. The first-order chi connectivity index (χ1) is 13.0. The monoisotopic (exact) mass is 383 g/mol. The molecule has 0 N–H and O–H groups in total. The third-order valence-electron chi connectivity index (χ3n) is 4.31. The van der Waals surface area contributed by atoms with Gasteiger partial charge in [-0.15, -0.1) is 0 Å². The largest absolute Gasteiger partial charge is 0.497 e. The minimum absolute atomic E-state index is 0.0524. The van der Waals surface area contributed by atoms with Crippen molar-refractivity contribution in [3.8, 4) is 5.75 Å². The number of thiazole rings is 1. The first-order valence-electron chi connectivity index (χ1n) is 8.96. The summed E-state index contributed by atoms with van der Waals surface area (Å²) in [6, 6.07) is 13.5. The summed E-state index contributed by atoms with van der Waals surface area (Å²) in [5.74, 6) is 0.623. The minimum atomic E-state index is -0.0524. The van der Waals surface area contributed by atoms with E-state index in [1.165, 1.54) is 5.56 Å². The molecule has 0 unspecified atom stereocenters. The maximum Gasteiger partial charge on any atom is 0.260 e. The van der Waals surface area contributed by atoms with Gasteiger partial charge in [-0.1, -0.05) is 23.5 Å². The Morgan fingerprint density at radius 2 is 1.96 bits per heavy atom. The topological polar surface area (TPSA) is 45.7 Å². The van der Waals surface area contributed by atoms with Crippen LogP contribution in [0.2, 0.25) is 0 Å². The van der Waals surface area contributed by atoms with Crippen LogP contribution < -0.4 is 9.64 Å². The van der Waals surface area contributed by atoms with Crippen LogP contribution in [0, 0.1) is 6.92 Å². The Hall–Kier alpha value is -2.44. The highest BCUT2D eigenvalue weighted by atomic mass is 32.1. The van der Waals surface area contributed by atoms with Crippen LogP contribution >= 0.6 is 11.3 Å². The molecule has 0 aliphatic carbocycles. The highest BCUT2D eigenvalue weighted by molar-refractivity contribution is 7.22. The molecule has 0 radical (unpaired) electrons. The second-order valence-electron chi connectivity index (χ2n) is 6.81. The van der Waals surface area contributed by atoms with Crippen LogP contribution in [0.25, 0.3) is 10.2 Å². The van der Waals surface area contributed by atoms with E-state index in [0.29, 0.717) is 17.9 Å². The van der Waals surface area contributed by atoms with E-state index >= 15 is 0 Å². The maximum atomic E-state index is 13.3. The van der Waals surface area contributed by atoms with Crippen molar-refractivity contribution in [2.24, 2.45) is 0 Å². The fourth-order valence-electron chi connectivity index (χ4n) is 2.88. The van der Waals surface area contributed by atoms with E-state index in [0.717, 1.165) is 28.3 Å². The fourth-order valence-corrected chi connectivity index (χ4v) is 3.96. The third-order valence-corrected chi connectivity index (χ3v) is 5.35. The van der Waals surface area contributed by atoms with Gasteiger partial charge in [-0.2, -0.15) is 0 Å². The lowest BCUT2D eigenvalue weighted by Gasteiger charge is -2.21. The van der Waals surface area contributed by atoms with Crippen molar-refractivity contribution in [1.82, 2.24) is 9.88 Å². The van der Waals surface area contributed by atoms with E-state index in [1.54, 1.807) is 29.4 Å². The van der Waals surface area contributed by atoms with Gasteiger partial charge in [0.1, 0.15) is 5.75 Å². The van der Waals surface area contributed by atoms with Gasteiger partial charge in [0.15, 0.2) is 5.13 Å². The van der Waals surface area contributed by atoms with Crippen LogP contribution in [-0.2, 0) is 0 Å². The standard InChI is InChI=1S/C21H25N3O2S/c1-15-9-10-18-19(13-15)27-21(22-18)24(12-6-11-23(2)3)20(25)16-7-5-8-17(14-16)26-4/h5,7-10,13-14H,6,11-12H2,1-4H3. The molecule has 0 bridgehead atoms. The Balaban J connectivity index is 1.94. The molecule has 1 aromatic heterocycles. The molecule has 0 spiro atoms. The summed E-state index contributed by atoms with van der Waals surface area (Å²) in [5, 5.41) is 0.738. The first-order valence-corrected chi connectivity index (χ1v) is 9.77. The van der Waals surface area contributed by atoms with Crippen LogP contribution in [0.4, 0.5) is 5.13 Å². The number of fused-ring (bicyclic) bond motifs is 1. The second-order valence-corrected chi connectivity index (χ2v) is 7.82. The van der Waals surface area contributed by atoms with Crippen LogP contribution in [0.3, 0.4) is 0 Å². The molecule has 5 nitrogen and oxygen atoms in total. The Morgan fingerprint density at radius 3 is 2.70 bits per heavy atom. The van der Waals surface area contributed by atoms with Gasteiger partial charge < -0.3 is 9.64 Å². The summed E-state index contributed by atoms with van der Waals surface area (Å²) in [7, 11) is 5.68. The van der Waals surface area contributed by atoms with E-state index in [-0.39, 0.29) is 5.91 Å². The van der Waals surface area contributed by atoms with E-state index in [1.807, 2.05) is 44.4 Å². The number of aromatic nitrogens is 1. The number of rotatable bonds is 7. The normalized spacial score (nSPS) is 11.1. The van der Waals surface area contributed by atoms with Crippen molar-refractivity contribution in [2.45, 2.75) is 13.3 Å². The molecule has 0 fully saturated rings. The molecule has 0 saturated carbocycles. The SMILES string of the molecule is COc1cccc(C(=O)N(CCCN(C)C)c2nc3ccc(C)cc3s2)c1. The van der Waals surface area contributed by atoms with Gasteiger partial charge in [-0.3, -0.25) is 9.69 Å². The average Bonchev–Trinajstić information content (AvgIpc) is 3.07. The van der Waals surface area contributed by atoms with Gasteiger partial charge >= 0.3 is 0 Å². The van der Waals surface area contributed by atoms with Crippen molar-refractivity contribution in [2.75, 3.05) is 39.2 Å². The number of benzene rings is 2. The number of nitrogens with zero attached hydrogens (tertiary/aromatic N) is 3. The molecular formula is C21H25N3O2S. The van der Waals surface area contributed by atoms with Crippen molar-refractivity contribution < 1.29 is 9.53 Å². The molecule has 2 aromatic carbocycles. The van der Waals surface area contributed by atoms with Crippen LogP contribution in [-0.4, -0.2) is 50.1 Å². The van der Waals surface area contributed by atoms with Crippen LogP contribution in [0.5, 0.6) is 5.75 Å². The summed E-state index contributed by atoms with van der Waals surface area (Å²) in [6.07, 6.45) is 0.873. The quantitative estimate of drug-likeness (QED) is 0.613. The molecule has 1 heterocycles. The average molecular weight is 384 g/mol. The lowest BCUT2D eigenvalue weighted by Crippen LogP contribution is -2.33. The van der Waals surface area contributed by atoms with Gasteiger partial charge in [-0.05, 0) is 69.9 Å². The molecule has 0 atom stereocenters. The minimum Gasteiger partial charge on any atom is -0.497 e. The lowest BCUT2D eigenvalue weighted by molar-refractivity contribution is 0.0985. The zero-order valence-corrected chi connectivity index (χ0v) is 17.0. The summed E-state index contributed by atoms with van der Waals surface area (Å²) in [5.41, 5.74) is 2.72. The highest BCUT2D eigenvalue weighted by Crippen LogP contribution is 2.31. The molecule has 142 valence electrons. The predicted octanol–water partition coefficient (Wildman–Crippen LogP) is 4.21. The number of carbonyl (C=O) groups is 1. The van der Waals surface area contributed by atoms with Gasteiger partial charge in [0, 0.05) is 12.1 Å². The fraction of sp³-hybridized carbons (Fsp3) is 0.333. The van der Waals surface area contributed by atoms with Gasteiger partial charge in [-0.25, -0.2) is 4.98 Å². The Labute approximate surface area is 164 Å². The number of methoxy groups -OCH3 is 1. The summed E-state index contributed by atoms with van der Waals surface area (Å²) < 4.78 is 6.37. The van der Waals surface area contributed by atoms with E-state index in [2.05, 4.69) is 17.9 Å². The third kappa shape index (κ3) is 4.64. The number of aryl methyl sites for hydroxylation is 1. The van der Waals surface area contributed by atoms with Crippen molar-refractivity contribution in [3.63, 3.8) is 0 Å². The van der Waals surface area contributed by atoms with Crippen molar-refractivity contribution >= 4 is 32.6 Å². The number of hydrogen-bond acceptors (Lipinski definition) is 5. The van der Waals surface area contributed by atoms with Gasteiger partial charge in [0.05, 0.1) is 17.3 Å². The van der Waals surface area contributed by atoms with Gasteiger partial charge in [0.25, 0.3) is 5.91 Å². The van der Waals surface area contributed by atoms with E-state index < -0.39 is 0 Å². The predicted molar refractivity (Wildman–Crippen MR) is 112 cm³/mol. The molecule has 27 heavy (non-hydrogen) atoms. The van der Waals surface area contributed by atoms with E-state index in [9.17, 15) is 4.79 Å². The lowest BCUT2D eigenvalue weighted by atomic mass is 10.2. The zero-order chi connectivity index (χ0) is 19.4. The number of amides is 1. The Kier molecular flexibility index (Phi) is 6.08. The van der Waals surface area contributed by atoms with Gasteiger partial charge in [0.2, 0.25) is 0 Å². The van der Waals surface area contributed by atoms with Crippen molar-refractivity contribution in [3.05, 3.63) is 53.6 Å². The first kappa shape index (κ1) is 19.3. The Bertz CT molecular complexity index is 936. The van der Waals surface area contributed by atoms with Crippen molar-refractivity contribution in [1.29, 1.82) is 0 Å². The summed E-state index contributed by atoms with van der Waals surface area (Å²) in [6.45, 7) is 3.59.